The number of ether oxygens (including phenoxy) is 4. The van der Waals surface area contributed by atoms with Crippen LogP contribution in [0.2, 0.25) is 0 Å². The number of Topliss-reactive ketones (excluding diaryl/α,β-unsaturated/α-hetero) is 1. The molecule has 0 saturated carbocycles. The van der Waals surface area contributed by atoms with E-state index in [-0.39, 0.29) is 33.5 Å². The fourth-order valence-electron chi connectivity index (χ4n) is 4.88. The molecule has 0 unspecified atom stereocenters. The number of carbonyl (C=O) groups excluding carboxylic acids is 3. The first-order valence-corrected chi connectivity index (χ1v) is 14.7. The summed E-state index contributed by atoms with van der Waals surface area (Å²) in [6, 6.07) is 10.9. The lowest BCUT2D eigenvalue weighted by Crippen LogP contribution is -2.29. The van der Waals surface area contributed by atoms with E-state index in [9.17, 15) is 19.5 Å². The Morgan fingerprint density at radius 3 is 2.64 bits per heavy atom. The molecule has 11 heteroatoms. The third kappa shape index (κ3) is 5.69. The van der Waals surface area contributed by atoms with E-state index in [1.165, 1.54) is 4.90 Å². The maximum absolute atomic E-state index is 13.6. The Kier molecular flexibility index (Phi) is 8.77. The Hall–Kier alpha value is -4.38. The van der Waals surface area contributed by atoms with E-state index in [0.717, 1.165) is 30.6 Å². The van der Waals surface area contributed by atoms with Gasteiger partial charge in [0.1, 0.15) is 29.6 Å². The summed E-state index contributed by atoms with van der Waals surface area (Å²) in [5.41, 5.74) is 1.07. The van der Waals surface area contributed by atoms with Crippen molar-refractivity contribution < 1.29 is 38.4 Å². The Bertz CT molecular complexity index is 1550. The van der Waals surface area contributed by atoms with Crippen molar-refractivity contribution in [1.82, 2.24) is 4.98 Å². The molecule has 0 aliphatic carbocycles. The Morgan fingerprint density at radius 2 is 1.88 bits per heavy atom. The molecule has 1 saturated heterocycles. The lowest BCUT2D eigenvalue weighted by atomic mass is 9.95. The number of rotatable bonds is 10. The number of esters is 1. The monoisotopic (exact) mass is 592 g/mol. The highest BCUT2D eigenvalue weighted by Crippen LogP contribution is 2.45. The van der Waals surface area contributed by atoms with Gasteiger partial charge in [-0.1, -0.05) is 43.2 Å². The molecule has 2 aliphatic heterocycles. The van der Waals surface area contributed by atoms with Gasteiger partial charge in [-0.05, 0) is 56.2 Å². The summed E-state index contributed by atoms with van der Waals surface area (Å²) < 4.78 is 22.4. The van der Waals surface area contributed by atoms with Crippen molar-refractivity contribution >= 4 is 39.9 Å². The van der Waals surface area contributed by atoms with Crippen LogP contribution >= 0.6 is 11.3 Å². The number of benzene rings is 2. The molecule has 0 radical (unpaired) electrons. The third-order valence-electron chi connectivity index (χ3n) is 6.90. The van der Waals surface area contributed by atoms with Crippen molar-refractivity contribution in [1.29, 1.82) is 0 Å². The number of unbranched alkanes of at least 4 members (excludes halogenated alkanes) is 2. The SMILES string of the molecule is CCCCCOc1cccc([C@H]2C(=C(O)c3ccc4c(c3)OCCO4)C(=O)C(=O)N2c2nc(C)c(C(=O)OCC)s2)c1. The van der Waals surface area contributed by atoms with E-state index in [1.807, 2.05) is 0 Å². The van der Waals surface area contributed by atoms with Gasteiger partial charge in [0.25, 0.3) is 5.78 Å². The largest absolute Gasteiger partial charge is 0.507 e. The number of carbonyl (C=O) groups is 3. The number of ketones is 1. The van der Waals surface area contributed by atoms with Crippen LogP contribution in [0.25, 0.3) is 5.76 Å². The molecule has 10 nitrogen and oxygen atoms in total. The number of hydrogen-bond acceptors (Lipinski definition) is 10. The van der Waals surface area contributed by atoms with Crippen molar-refractivity contribution in [2.75, 3.05) is 31.3 Å². The first kappa shape index (κ1) is 29.1. The summed E-state index contributed by atoms with van der Waals surface area (Å²) >= 11 is 0.956. The van der Waals surface area contributed by atoms with Crippen LogP contribution in [0.15, 0.2) is 48.0 Å². The average molecular weight is 593 g/mol. The molecule has 2 aromatic carbocycles. The first-order chi connectivity index (χ1) is 20.3. The van der Waals surface area contributed by atoms with E-state index in [1.54, 1.807) is 56.3 Å². The number of hydrogen-bond donors (Lipinski definition) is 1. The number of aliphatic hydroxyl groups is 1. The molecule has 5 rings (SSSR count). The summed E-state index contributed by atoms with van der Waals surface area (Å²) in [6.07, 6.45) is 2.97. The van der Waals surface area contributed by atoms with Crippen LogP contribution < -0.4 is 19.1 Å². The van der Waals surface area contributed by atoms with Gasteiger partial charge in [-0.3, -0.25) is 14.5 Å². The number of amides is 1. The lowest BCUT2D eigenvalue weighted by molar-refractivity contribution is -0.132. The molecule has 0 bridgehead atoms. The van der Waals surface area contributed by atoms with Crippen molar-refractivity contribution in [2.24, 2.45) is 0 Å². The molecule has 1 N–H and O–H groups in total. The summed E-state index contributed by atoms with van der Waals surface area (Å²) in [7, 11) is 0. The minimum atomic E-state index is -1.04. The van der Waals surface area contributed by atoms with Crippen LogP contribution in [-0.2, 0) is 14.3 Å². The number of aryl methyl sites for hydroxylation is 1. The normalized spacial score (nSPS) is 17.4. The van der Waals surface area contributed by atoms with E-state index >= 15 is 0 Å². The second-order valence-corrected chi connectivity index (χ2v) is 10.8. The zero-order valence-electron chi connectivity index (χ0n) is 23.7. The molecule has 1 aromatic heterocycles. The van der Waals surface area contributed by atoms with E-state index in [0.29, 0.717) is 48.3 Å². The predicted octanol–water partition coefficient (Wildman–Crippen LogP) is 5.59. The lowest BCUT2D eigenvalue weighted by Gasteiger charge is -2.24. The zero-order valence-corrected chi connectivity index (χ0v) is 24.5. The number of aliphatic hydroxyl groups excluding tert-OH is 1. The zero-order chi connectivity index (χ0) is 29.8. The summed E-state index contributed by atoms with van der Waals surface area (Å²) in [4.78, 5) is 45.7. The number of aromatic nitrogens is 1. The van der Waals surface area contributed by atoms with Crippen LogP contribution in [0.5, 0.6) is 17.2 Å². The van der Waals surface area contributed by atoms with Gasteiger partial charge in [0.15, 0.2) is 16.6 Å². The maximum Gasteiger partial charge on any atom is 0.350 e. The van der Waals surface area contributed by atoms with Crippen molar-refractivity contribution in [3.8, 4) is 17.2 Å². The van der Waals surface area contributed by atoms with Gasteiger partial charge >= 0.3 is 11.9 Å². The van der Waals surface area contributed by atoms with Crippen LogP contribution in [0.3, 0.4) is 0 Å². The molecule has 220 valence electrons. The van der Waals surface area contributed by atoms with Gasteiger partial charge in [0, 0.05) is 5.56 Å². The Morgan fingerprint density at radius 1 is 1.10 bits per heavy atom. The number of thiazole rings is 1. The van der Waals surface area contributed by atoms with E-state index < -0.39 is 23.7 Å². The molecule has 1 amide bonds. The van der Waals surface area contributed by atoms with Gasteiger partial charge in [-0.25, -0.2) is 9.78 Å². The van der Waals surface area contributed by atoms with Crippen molar-refractivity contribution in [3.63, 3.8) is 0 Å². The minimum Gasteiger partial charge on any atom is -0.507 e. The molecule has 2 aliphatic rings. The minimum absolute atomic E-state index is 0.120. The number of fused-ring (bicyclic) bond motifs is 1. The van der Waals surface area contributed by atoms with Crippen LogP contribution in [0, 0.1) is 6.92 Å². The standard InChI is InChI=1S/C31H32N2O8S/c1-4-6-7-13-39-21-10-8-9-19(16-21)25-24(26(34)20-11-12-22-23(17-20)41-15-14-40-22)27(35)29(36)33(25)31-32-18(3)28(42-31)30(37)38-5-2/h8-12,16-17,25,34H,4-7,13-15H2,1-3H3/t25-/m0/s1. The molecular formula is C31H32N2O8S. The van der Waals surface area contributed by atoms with Gasteiger partial charge in [-0.15, -0.1) is 0 Å². The molecule has 42 heavy (non-hydrogen) atoms. The highest BCUT2D eigenvalue weighted by Gasteiger charge is 2.48. The molecule has 1 fully saturated rings. The summed E-state index contributed by atoms with van der Waals surface area (Å²) in [5, 5.41) is 11.7. The van der Waals surface area contributed by atoms with Gasteiger partial charge in [-0.2, -0.15) is 0 Å². The van der Waals surface area contributed by atoms with Crippen LogP contribution in [0.4, 0.5) is 5.13 Å². The number of nitrogens with zero attached hydrogens (tertiary/aromatic N) is 2. The maximum atomic E-state index is 13.6. The average Bonchev–Trinajstić information content (AvgIpc) is 3.51. The molecule has 1 atom stereocenters. The van der Waals surface area contributed by atoms with Gasteiger partial charge < -0.3 is 24.1 Å². The fourth-order valence-corrected chi connectivity index (χ4v) is 5.87. The Balaban J connectivity index is 1.62. The predicted molar refractivity (Wildman–Crippen MR) is 156 cm³/mol. The van der Waals surface area contributed by atoms with E-state index in [2.05, 4.69) is 11.9 Å². The Labute approximate surface area is 247 Å². The highest BCUT2D eigenvalue weighted by molar-refractivity contribution is 7.17. The quantitative estimate of drug-likeness (QED) is 0.105. The van der Waals surface area contributed by atoms with Crippen molar-refractivity contribution in [3.05, 3.63) is 69.7 Å². The highest BCUT2D eigenvalue weighted by atomic mass is 32.1. The van der Waals surface area contributed by atoms with Crippen LogP contribution in [-0.4, -0.2) is 54.2 Å². The smallest absolute Gasteiger partial charge is 0.350 e. The topological polar surface area (TPSA) is 124 Å². The van der Waals surface area contributed by atoms with Crippen molar-refractivity contribution in [2.45, 2.75) is 46.1 Å². The molecule has 3 heterocycles. The van der Waals surface area contributed by atoms with E-state index in [4.69, 9.17) is 18.9 Å². The second-order valence-electron chi connectivity index (χ2n) is 9.79. The molecule has 3 aromatic rings. The molecule has 0 spiro atoms. The summed E-state index contributed by atoms with van der Waals surface area (Å²) in [5.74, 6) is -1.18. The molecular weight excluding hydrogens is 560 g/mol. The van der Waals surface area contributed by atoms with Gasteiger partial charge in [0.05, 0.1) is 30.5 Å². The fraction of sp³-hybridized carbons (Fsp3) is 0.355. The second kappa shape index (κ2) is 12.6. The van der Waals surface area contributed by atoms with Crippen LogP contribution in [0.1, 0.15) is 65.6 Å². The summed E-state index contributed by atoms with van der Waals surface area (Å²) in [6.45, 7) is 6.89. The first-order valence-electron chi connectivity index (χ1n) is 13.9. The van der Waals surface area contributed by atoms with Gasteiger partial charge in [0.2, 0.25) is 0 Å². The third-order valence-corrected chi connectivity index (χ3v) is 8.04. The number of anilines is 1.